The van der Waals surface area contributed by atoms with Gasteiger partial charge in [-0.2, -0.15) is 0 Å². The lowest BCUT2D eigenvalue weighted by Gasteiger charge is -1.91. The average molecular weight is 110 g/mol. The maximum Gasteiger partial charge on any atom is 0.123 e. The van der Waals surface area contributed by atoms with Crippen molar-refractivity contribution in [1.82, 2.24) is 0 Å². The van der Waals surface area contributed by atoms with Crippen molar-refractivity contribution in [3.63, 3.8) is 0 Å². The zero-order valence-corrected chi connectivity index (χ0v) is 4.89. The number of carbonyl (C=O) groups excluding carboxylic acids is 1. The molecule has 1 nitrogen and oxygen atoms in total. The van der Waals surface area contributed by atoms with Crippen LogP contribution in [0.25, 0.3) is 0 Å². The predicted molar refractivity (Wildman–Crippen MR) is 32.5 cm³/mol. The Balaban J connectivity index is 2.43. The maximum absolute atomic E-state index is 10.1. The molecule has 44 valence electrons. The molecule has 1 aliphatic rings. The largest absolute Gasteiger partial charge is 0.303 e. The summed E-state index contributed by atoms with van der Waals surface area (Å²) in [6.45, 7) is 3.79. The Bertz CT molecular complexity index is 116. The lowest BCUT2D eigenvalue weighted by molar-refractivity contribution is -0.110. The molecule has 0 unspecified atom stereocenters. The van der Waals surface area contributed by atoms with Crippen LogP contribution in [-0.4, -0.2) is 6.29 Å². The molecule has 0 N–H and O–H groups in total. The number of aldehydes is 1. The van der Waals surface area contributed by atoms with Crippen LogP contribution in [0.5, 0.6) is 0 Å². The van der Waals surface area contributed by atoms with Gasteiger partial charge in [-0.3, -0.25) is 0 Å². The van der Waals surface area contributed by atoms with E-state index in [1.807, 2.05) is 0 Å². The zero-order valence-electron chi connectivity index (χ0n) is 4.89. The highest BCUT2D eigenvalue weighted by Gasteiger charge is 2.15. The smallest absolute Gasteiger partial charge is 0.123 e. The van der Waals surface area contributed by atoms with Crippen molar-refractivity contribution < 1.29 is 4.79 Å². The molecule has 0 heterocycles. The lowest BCUT2D eigenvalue weighted by atomic mass is 10.1. The fourth-order valence-electron chi connectivity index (χ4n) is 1.08. The van der Waals surface area contributed by atoms with Crippen LogP contribution in [0.1, 0.15) is 19.3 Å². The standard InChI is InChI=1S/C7H10O/c1-6-2-3-7(4-6)5-8/h5,7H,1-4H2/t7-/m1/s1. The summed E-state index contributed by atoms with van der Waals surface area (Å²) in [5.74, 6) is 0.294. The Morgan fingerprint density at radius 2 is 2.50 bits per heavy atom. The highest BCUT2D eigenvalue weighted by atomic mass is 16.1. The molecule has 1 heteroatoms. The Kier molecular flexibility index (Phi) is 1.47. The molecule has 0 aliphatic heterocycles. The first-order chi connectivity index (χ1) is 3.83. The fourth-order valence-corrected chi connectivity index (χ4v) is 1.08. The van der Waals surface area contributed by atoms with E-state index in [0.29, 0.717) is 5.92 Å². The summed E-state index contributed by atoms with van der Waals surface area (Å²) in [5.41, 5.74) is 1.24. The van der Waals surface area contributed by atoms with Gasteiger partial charge in [-0.05, 0) is 19.3 Å². The van der Waals surface area contributed by atoms with E-state index in [9.17, 15) is 4.79 Å². The first kappa shape index (κ1) is 5.54. The van der Waals surface area contributed by atoms with Gasteiger partial charge in [0, 0.05) is 5.92 Å². The molecule has 1 rings (SSSR count). The van der Waals surface area contributed by atoms with Crippen molar-refractivity contribution in [2.24, 2.45) is 5.92 Å². The highest BCUT2D eigenvalue weighted by Crippen LogP contribution is 2.26. The van der Waals surface area contributed by atoms with Crippen LogP contribution in [0.4, 0.5) is 0 Å². The molecule has 0 radical (unpaired) electrons. The minimum Gasteiger partial charge on any atom is -0.303 e. The number of hydrogen-bond acceptors (Lipinski definition) is 1. The van der Waals surface area contributed by atoms with Crippen LogP contribution < -0.4 is 0 Å². The van der Waals surface area contributed by atoms with E-state index in [2.05, 4.69) is 6.58 Å². The molecule has 0 spiro atoms. The lowest BCUT2D eigenvalue weighted by Crippen LogP contribution is -1.91. The highest BCUT2D eigenvalue weighted by molar-refractivity contribution is 5.55. The minimum absolute atomic E-state index is 0.294. The third kappa shape index (κ3) is 0.971. The number of hydrogen-bond donors (Lipinski definition) is 0. The predicted octanol–water partition coefficient (Wildman–Crippen LogP) is 1.54. The number of carbonyl (C=O) groups is 1. The molecule has 1 atom stereocenters. The van der Waals surface area contributed by atoms with Crippen LogP contribution in [0, 0.1) is 5.92 Å². The van der Waals surface area contributed by atoms with Gasteiger partial charge < -0.3 is 4.79 Å². The fraction of sp³-hybridized carbons (Fsp3) is 0.571. The zero-order chi connectivity index (χ0) is 5.98. The van der Waals surface area contributed by atoms with Crippen molar-refractivity contribution >= 4 is 6.29 Å². The van der Waals surface area contributed by atoms with Crippen molar-refractivity contribution in [2.45, 2.75) is 19.3 Å². The van der Waals surface area contributed by atoms with E-state index in [-0.39, 0.29) is 0 Å². The molecule has 0 amide bonds. The van der Waals surface area contributed by atoms with Crippen LogP contribution in [-0.2, 0) is 4.79 Å². The van der Waals surface area contributed by atoms with Gasteiger partial charge in [0.1, 0.15) is 6.29 Å². The molecule has 1 fully saturated rings. The van der Waals surface area contributed by atoms with Crippen LogP contribution in [0.15, 0.2) is 12.2 Å². The van der Waals surface area contributed by atoms with Gasteiger partial charge in [0.15, 0.2) is 0 Å². The molecule has 1 aliphatic carbocycles. The Morgan fingerprint density at radius 3 is 2.75 bits per heavy atom. The maximum atomic E-state index is 10.1. The van der Waals surface area contributed by atoms with Gasteiger partial charge in [-0.1, -0.05) is 12.2 Å². The summed E-state index contributed by atoms with van der Waals surface area (Å²) < 4.78 is 0. The molecule has 0 bridgehead atoms. The van der Waals surface area contributed by atoms with Gasteiger partial charge in [0.25, 0.3) is 0 Å². The van der Waals surface area contributed by atoms with Crippen LogP contribution in [0.3, 0.4) is 0 Å². The van der Waals surface area contributed by atoms with Gasteiger partial charge in [0.2, 0.25) is 0 Å². The van der Waals surface area contributed by atoms with Crippen molar-refractivity contribution in [3.05, 3.63) is 12.2 Å². The van der Waals surface area contributed by atoms with E-state index < -0.39 is 0 Å². The summed E-state index contributed by atoms with van der Waals surface area (Å²) in [7, 11) is 0. The SMILES string of the molecule is C=C1CC[C@@H](C=O)C1. The van der Waals surface area contributed by atoms with E-state index in [1.165, 1.54) is 5.57 Å². The first-order valence-electron chi connectivity index (χ1n) is 2.95. The summed E-state index contributed by atoms with van der Waals surface area (Å²) in [5, 5.41) is 0. The number of rotatable bonds is 1. The monoisotopic (exact) mass is 110 g/mol. The Hall–Kier alpha value is -0.590. The van der Waals surface area contributed by atoms with Crippen LogP contribution in [0.2, 0.25) is 0 Å². The molecule has 0 aromatic rings. The molecule has 0 saturated heterocycles. The summed E-state index contributed by atoms with van der Waals surface area (Å²) in [6.07, 6.45) is 4.06. The van der Waals surface area contributed by atoms with Gasteiger partial charge in [0.05, 0.1) is 0 Å². The van der Waals surface area contributed by atoms with Crippen molar-refractivity contribution in [3.8, 4) is 0 Å². The Labute approximate surface area is 49.4 Å². The van der Waals surface area contributed by atoms with Gasteiger partial charge in [-0.15, -0.1) is 0 Å². The number of allylic oxidation sites excluding steroid dienone is 1. The Morgan fingerprint density at radius 1 is 1.75 bits per heavy atom. The topological polar surface area (TPSA) is 17.1 Å². The molecule has 1 saturated carbocycles. The van der Waals surface area contributed by atoms with E-state index >= 15 is 0 Å². The third-order valence-corrected chi connectivity index (χ3v) is 1.61. The normalized spacial score (nSPS) is 28.5. The van der Waals surface area contributed by atoms with Crippen molar-refractivity contribution in [1.29, 1.82) is 0 Å². The molecule has 8 heavy (non-hydrogen) atoms. The van der Waals surface area contributed by atoms with E-state index in [4.69, 9.17) is 0 Å². The summed E-state index contributed by atoms with van der Waals surface area (Å²) >= 11 is 0. The molecule has 0 aromatic carbocycles. The molecular formula is C7H10O. The van der Waals surface area contributed by atoms with Gasteiger partial charge in [-0.25, -0.2) is 0 Å². The second-order valence-electron chi connectivity index (χ2n) is 2.39. The minimum atomic E-state index is 0.294. The van der Waals surface area contributed by atoms with Crippen LogP contribution >= 0.6 is 0 Å². The average Bonchev–Trinajstić information content (AvgIpc) is 2.14. The summed E-state index contributed by atoms with van der Waals surface area (Å²) in [4.78, 5) is 10.1. The van der Waals surface area contributed by atoms with E-state index in [0.717, 1.165) is 25.5 Å². The first-order valence-corrected chi connectivity index (χ1v) is 2.95. The second kappa shape index (κ2) is 2.12. The second-order valence-corrected chi connectivity index (χ2v) is 2.39. The molecule has 0 aromatic heterocycles. The quantitative estimate of drug-likeness (QED) is 0.369. The van der Waals surface area contributed by atoms with E-state index in [1.54, 1.807) is 0 Å². The van der Waals surface area contributed by atoms with Gasteiger partial charge >= 0.3 is 0 Å². The third-order valence-electron chi connectivity index (χ3n) is 1.61. The van der Waals surface area contributed by atoms with Crippen molar-refractivity contribution in [2.75, 3.05) is 0 Å². The summed E-state index contributed by atoms with van der Waals surface area (Å²) in [6, 6.07) is 0. The molecular weight excluding hydrogens is 100 g/mol.